The zero-order chi connectivity index (χ0) is 25.4. The second kappa shape index (κ2) is 12.2. The smallest absolute Gasteiger partial charge is 0.266 e. The third kappa shape index (κ3) is 6.74. The molecule has 8 heteroatoms. The first kappa shape index (κ1) is 26.1. The van der Waals surface area contributed by atoms with E-state index in [1.807, 2.05) is 57.2 Å². The van der Waals surface area contributed by atoms with Crippen molar-refractivity contribution in [3.05, 3.63) is 47.5 Å². The number of carbonyl (C=O) groups excluding carboxylic acids is 1. The number of aromatic nitrogens is 2. The topological polar surface area (TPSA) is 95.7 Å². The molecule has 0 aliphatic carbocycles. The first-order valence-electron chi connectivity index (χ1n) is 12.1. The van der Waals surface area contributed by atoms with E-state index in [4.69, 9.17) is 18.8 Å². The number of hydrogen-bond donors (Lipinski definition) is 1. The van der Waals surface area contributed by atoms with Gasteiger partial charge in [-0.05, 0) is 78.3 Å². The van der Waals surface area contributed by atoms with Crippen molar-refractivity contribution in [2.24, 2.45) is 0 Å². The van der Waals surface area contributed by atoms with Crippen LogP contribution in [-0.4, -0.2) is 35.5 Å². The first-order chi connectivity index (χ1) is 16.8. The van der Waals surface area contributed by atoms with Gasteiger partial charge in [-0.2, -0.15) is 0 Å². The Labute approximate surface area is 206 Å². The Morgan fingerprint density at radius 1 is 0.943 bits per heavy atom. The number of aryl methyl sites for hydroxylation is 1. The summed E-state index contributed by atoms with van der Waals surface area (Å²) >= 11 is 0. The number of rotatable bonds is 12. The van der Waals surface area contributed by atoms with Gasteiger partial charge < -0.3 is 19.5 Å². The number of hydrogen-bond acceptors (Lipinski definition) is 7. The quantitative estimate of drug-likeness (QED) is 0.331. The molecular formula is C27H35N3O5. The van der Waals surface area contributed by atoms with Crippen LogP contribution in [0.15, 0.2) is 41.0 Å². The Hall–Kier alpha value is -3.55. The van der Waals surface area contributed by atoms with Crippen LogP contribution in [0.5, 0.6) is 17.2 Å². The maximum absolute atomic E-state index is 13.0. The Kier molecular flexibility index (Phi) is 9.11. The molecule has 8 nitrogen and oxygen atoms in total. The van der Waals surface area contributed by atoms with Crippen molar-refractivity contribution in [3.8, 4) is 28.5 Å². The third-order valence-corrected chi connectivity index (χ3v) is 5.33. The molecule has 0 aliphatic rings. The van der Waals surface area contributed by atoms with E-state index < -0.39 is 6.10 Å². The van der Waals surface area contributed by atoms with Gasteiger partial charge in [0.25, 0.3) is 5.91 Å². The minimum Gasteiger partial charge on any atom is -0.490 e. The molecule has 35 heavy (non-hydrogen) atoms. The number of carbonyl (C=O) groups is 1. The molecule has 0 aliphatic heterocycles. The standard InChI is InChI=1S/C27H35N3O5/c1-7-13-32-22-12-10-20(16-24(22)33-14-8-2)25-26(30-35-29-25)28-27(31)19(6)34-23-15-18(5)9-11-21(23)17(3)4/h9-12,15-17,19H,7-8,13-14H2,1-6H3,(H,28,30,31)/t19-/m0/s1. The molecule has 1 amide bonds. The van der Waals surface area contributed by atoms with E-state index >= 15 is 0 Å². The van der Waals surface area contributed by atoms with Gasteiger partial charge in [0.1, 0.15) is 5.75 Å². The number of ether oxygens (including phenoxy) is 3. The van der Waals surface area contributed by atoms with Crippen LogP contribution in [0.1, 0.15) is 64.5 Å². The summed E-state index contributed by atoms with van der Waals surface area (Å²) in [7, 11) is 0. The zero-order valence-electron chi connectivity index (χ0n) is 21.4. The predicted molar refractivity (Wildman–Crippen MR) is 135 cm³/mol. The van der Waals surface area contributed by atoms with Gasteiger partial charge >= 0.3 is 0 Å². The lowest BCUT2D eigenvalue weighted by atomic mass is 10.0. The molecule has 0 bridgehead atoms. The molecule has 0 fully saturated rings. The summed E-state index contributed by atoms with van der Waals surface area (Å²) in [5.74, 6) is 2.08. The fourth-order valence-electron chi connectivity index (χ4n) is 3.45. The molecule has 0 radical (unpaired) electrons. The monoisotopic (exact) mass is 481 g/mol. The maximum atomic E-state index is 13.0. The number of amides is 1. The van der Waals surface area contributed by atoms with Crippen LogP contribution in [0.3, 0.4) is 0 Å². The van der Waals surface area contributed by atoms with Crippen molar-refractivity contribution >= 4 is 11.7 Å². The Morgan fingerprint density at radius 2 is 1.66 bits per heavy atom. The molecule has 0 saturated carbocycles. The van der Waals surface area contributed by atoms with Crippen LogP contribution < -0.4 is 19.5 Å². The van der Waals surface area contributed by atoms with Gasteiger partial charge in [-0.1, -0.05) is 39.8 Å². The van der Waals surface area contributed by atoms with Crippen molar-refractivity contribution in [3.63, 3.8) is 0 Å². The molecule has 1 atom stereocenters. The van der Waals surface area contributed by atoms with Crippen molar-refractivity contribution in [1.82, 2.24) is 10.3 Å². The zero-order valence-corrected chi connectivity index (χ0v) is 21.4. The van der Waals surface area contributed by atoms with E-state index in [-0.39, 0.29) is 17.6 Å². The van der Waals surface area contributed by atoms with Crippen LogP contribution in [0.25, 0.3) is 11.3 Å². The largest absolute Gasteiger partial charge is 0.490 e. The summed E-state index contributed by atoms with van der Waals surface area (Å²) in [6.07, 6.45) is 0.994. The second-order valence-electron chi connectivity index (χ2n) is 8.77. The van der Waals surface area contributed by atoms with Crippen LogP contribution in [0, 0.1) is 6.92 Å². The number of nitrogens with zero attached hydrogens (tertiary/aromatic N) is 2. The molecule has 1 heterocycles. The molecule has 1 N–H and O–H groups in total. The van der Waals surface area contributed by atoms with Gasteiger partial charge in [0.05, 0.1) is 13.2 Å². The maximum Gasteiger partial charge on any atom is 0.266 e. The van der Waals surface area contributed by atoms with Crippen LogP contribution in [0.4, 0.5) is 5.82 Å². The lowest BCUT2D eigenvalue weighted by molar-refractivity contribution is -0.122. The fraction of sp³-hybridized carbons (Fsp3) is 0.444. The van der Waals surface area contributed by atoms with E-state index in [1.54, 1.807) is 6.92 Å². The number of benzene rings is 2. The second-order valence-corrected chi connectivity index (χ2v) is 8.77. The normalized spacial score (nSPS) is 11.9. The fourth-order valence-corrected chi connectivity index (χ4v) is 3.45. The number of nitrogens with one attached hydrogen (secondary N) is 1. The highest BCUT2D eigenvalue weighted by molar-refractivity contribution is 5.96. The van der Waals surface area contributed by atoms with Gasteiger partial charge in [0, 0.05) is 5.56 Å². The summed E-state index contributed by atoms with van der Waals surface area (Å²) in [5, 5.41) is 10.7. The number of anilines is 1. The Balaban J connectivity index is 1.78. The minimum absolute atomic E-state index is 0.211. The SMILES string of the molecule is CCCOc1ccc(-c2nonc2NC(=O)[C@H](C)Oc2cc(C)ccc2C(C)C)cc1OCCC. The van der Waals surface area contributed by atoms with E-state index in [0.29, 0.717) is 41.7 Å². The summed E-state index contributed by atoms with van der Waals surface area (Å²) in [4.78, 5) is 13.0. The minimum atomic E-state index is -0.757. The van der Waals surface area contributed by atoms with Crippen LogP contribution >= 0.6 is 0 Å². The van der Waals surface area contributed by atoms with Crippen molar-refractivity contribution in [1.29, 1.82) is 0 Å². The molecule has 1 aromatic heterocycles. The van der Waals surface area contributed by atoms with Crippen LogP contribution in [-0.2, 0) is 4.79 Å². The first-order valence-corrected chi connectivity index (χ1v) is 12.1. The lowest BCUT2D eigenvalue weighted by Crippen LogP contribution is -2.30. The lowest BCUT2D eigenvalue weighted by Gasteiger charge is -2.19. The molecule has 0 saturated heterocycles. The Morgan fingerprint density at radius 3 is 2.34 bits per heavy atom. The summed E-state index contributed by atoms with van der Waals surface area (Å²) in [5.41, 5.74) is 3.19. The van der Waals surface area contributed by atoms with Crippen molar-refractivity contribution < 1.29 is 23.6 Å². The van der Waals surface area contributed by atoms with E-state index in [1.165, 1.54) is 0 Å². The average molecular weight is 482 g/mol. The summed E-state index contributed by atoms with van der Waals surface area (Å²) < 4.78 is 22.7. The van der Waals surface area contributed by atoms with Crippen LogP contribution in [0.2, 0.25) is 0 Å². The molecule has 0 spiro atoms. The van der Waals surface area contributed by atoms with Gasteiger partial charge in [-0.3, -0.25) is 4.79 Å². The summed E-state index contributed by atoms with van der Waals surface area (Å²) in [6.45, 7) is 13.1. The molecule has 3 rings (SSSR count). The molecule has 3 aromatic rings. The predicted octanol–water partition coefficient (Wildman–Crippen LogP) is 6.15. The molecule has 0 unspecified atom stereocenters. The average Bonchev–Trinajstić information content (AvgIpc) is 3.29. The van der Waals surface area contributed by atoms with E-state index in [9.17, 15) is 4.79 Å². The van der Waals surface area contributed by atoms with Gasteiger partial charge in [-0.15, -0.1) is 0 Å². The highest BCUT2D eigenvalue weighted by atomic mass is 16.6. The van der Waals surface area contributed by atoms with Gasteiger partial charge in [0.15, 0.2) is 23.3 Å². The summed E-state index contributed by atoms with van der Waals surface area (Å²) in [6, 6.07) is 11.5. The molecule has 2 aromatic carbocycles. The highest BCUT2D eigenvalue weighted by Crippen LogP contribution is 2.35. The van der Waals surface area contributed by atoms with Gasteiger partial charge in [0.2, 0.25) is 5.82 Å². The van der Waals surface area contributed by atoms with E-state index in [0.717, 1.165) is 24.0 Å². The molecular weight excluding hydrogens is 446 g/mol. The van der Waals surface area contributed by atoms with Gasteiger partial charge in [-0.25, -0.2) is 4.63 Å². The van der Waals surface area contributed by atoms with E-state index in [2.05, 4.69) is 29.5 Å². The van der Waals surface area contributed by atoms with Crippen molar-refractivity contribution in [2.45, 2.75) is 66.4 Å². The molecule has 188 valence electrons. The third-order valence-electron chi connectivity index (χ3n) is 5.33. The Bertz CT molecular complexity index is 1130. The highest BCUT2D eigenvalue weighted by Gasteiger charge is 2.22. The van der Waals surface area contributed by atoms with Crippen molar-refractivity contribution in [2.75, 3.05) is 18.5 Å².